The number of non-ortho nitro benzene ring substituents is 1. The predicted octanol–water partition coefficient (Wildman–Crippen LogP) is 6.17. The van der Waals surface area contributed by atoms with Gasteiger partial charge in [-0.15, -0.1) is 5.10 Å². The number of nitro groups is 1. The number of Topliss-reactive ketones (excluding diaryl/α,β-unsaturated/α-hetero) is 1. The lowest BCUT2D eigenvalue weighted by molar-refractivity contribution is -0.384. The average Bonchev–Trinajstić information content (AvgIpc) is 3.34. The second-order valence-corrected chi connectivity index (χ2v) is 10.0. The van der Waals surface area contributed by atoms with Crippen LogP contribution in [0.4, 0.5) is 11.6 Å². The summed E-state index contributed by atoms with van der Waals surface area (Å²) in [7, 11) is 0. The van der Waals surface area contributed by atoms with Crippen LogP contribution in [-0.4, -0.2) is 25.5 Å². The number of thioether (sulfide) groups is 1. The Morgan fingerprint density at radius 3 is 2.43 bits per heavy atom. The van der Waals surface area contributed by atoms with Gasteiger partial charge in [0.2, 0.25) is 11.1 Å². The Kier molecular flexibility index (Phi) is 6.05. The maximum atomic E-state index is 13.0. The van der Waals surface area contributed by atoms with Crippen molar-refractivity contribution in [1.29, 1.82) is 0 Å². The van der Waals surface area contributed by atoms with E-state index in [0.29, 0.717) is 28.9 Å². The minimum absolute atomic E-state index is 0.00944. The zero-order valence-corrected chi connectivity index (χ0v) is 20.6. The summed E-state index contributed by atoms with van der Waals surface area (Å²) >= 11 is 1.53. The maximum Gasteiger partial charge on any atom is 0.269 e. The van der Waals surface area contributed by atoms with Crippen molar-refractivity contribution in [3.63, 3.8) is 0 Å². The zero-order chi connectivity index (χ0) is 25.4. The fraction of sp³-hybridized carbons (Fsp3) is 0.179. The number of allylic oxidation sites excluding steroid dienone is 2. The number of hydrogen-bond donors (Lipinski definition) is 1. The summed E-state index contributed by atoms with van der Waals surface area (Å²) in [4.78, 5) is 28.4. The van der Waals surface area contributed by atoms with E-state index < -0.39 is 11.0 Å². The van der Waals surface area contributed by atoms with Crippen LogP contribution >= 0.6 is 11.8 Å². The van der Waals surface area contributed by atoms with Gasteiger partial charge in [0.15, 0.2) is 5.78 Å². The van der Waals surface area contributed by atoms with E-state index in [1.54, 1.807) is 16.8 Å². The summed E-state index contributed by atoms with van der Waals surface area (Å²) < 4.78 is 1.74. The molecular weight excluding hydrogens is 486 g/mol. The summed E-state index contributed by atoms with van der Waals surface area (Å²) in [5.74, 6) is 1.36. The van der Waals surface area contributed by atoms with Crippen molar-refractivity contribution < 1.29 is 9.72 Å². The topological polar surface area (TPSA) is 103 Å². The first-order valence-electron chi connectivity index (χ1n) is 12.1. The highest BCUT2D eigenvalue weighted by Gasteiger charge is 2.37. The van der Waals surface area contributed by atoms with E-state index in [2.05, 4.69) is 41.7 Å². The fourth-order valence-corrected chi connectivity index (χ4v) is 5.64. The molecule has 184 valence electrons. The molecule has 0 bridgehead atoms. The number of nitrogens with one attached hydrogen (secondary N) is 1. The van der Waals surface area contributed by atoms with Gasteiger partial charge in [-0.3, -0.25) is 14.9 Å². The second kappa shape index (κ2) is 9.67. The third-order valence-corrected chi connectivity index (χ3v) is 7.61. The quantitative estimate of drug-likeness (QED) is 0.188. The van der Waals surface area contributed by atoms with Crippen LogP contribution in [0.15, 0.2) is 95.3 Å². The lowest BCUT2D eigenvalue weighted by atomic mass is 9.85. The number of fused-ring (bicyclic) bond motifs is 1. The van der Waals surface area contributed by atoms with E-state index in [9.17, 15) is 14.9 Å². The van der Waals surface area contributed by atoms with E-state index in [1.165, 1.54) is 35.0 Å². The number of nitro benzene ring substituents is 1. The second-order valence-electron chi connectivity index (χ2n) is 9.06. The van der Waals surface area contributed by atoms with Gasteiger partial charge in [0, 0.05) is 35.6 Å². The molecule has 9 heteroatoms. The van der Waals surface area contributed by atoms with E-state index in [1.807, 2.05) is 18.2 Å². The molecule has 8 nitrogen and oxygen atoms in total. The van der Waals surface area contributed by atoms with Gasteiger partial charge in [0.25, 0.3) is 5.69 Å². The number of nitrogens with zero attached hydrogens (tertiary/aromatic N) is 4. The van der Waals surface area contributed by atoms with E-state index >= 15 is 0 Å². The molecule has 1 aromatic heterocycles. The lowest BCUT2D eigenvalue weighted by Gasteiger charge is -2.32. The molecule has 0 amide bonds. The van der Waals surface area contributed by atoms with Gasteiger partial charge in [0.1, 0.15) is 6.04 Å². The number of ketones is 1. The van der Waals surface area contributed by atoms with Crippen molar-refractivity contribution in [2.75, 3.05) is 5.32 Å². The molecule has 1 aliphatic carbocycles. The van der Waals surface area contributed by atoms with Crippen molar-refractivity contribution in [1.82, 2.24) is 14.8 Å². The standard InChI is InChI=1S/C28H23N5O3S/c34-24-8-4-7-23-25(24)26(21-13-15-22(16-14-21)33(35)36)32-27(29-23)30-28(31-32)37-17-18-9-11-20(12-10-18)19-5-2-1-3-6-19/h1-3,5-6,9-16,26H,4,7-8,17H2,(H,29,30,31)/t26-/m0/s1. The van der Waals surface area contributed by atoms with Crippen molar-refractivity contribution in [3.8, 4) is 11.1 Å². The van der Waals surface area contributed by atoms with Gasteiger partial charge < -0.3 is 5.32 Å². The van der Waals surface area contributed by atoms with E-state index in [-0.39, 0.29) is 11.5 Å². The van der Waals surface area contributed by atoms with Gasteiger partial charge in [-0.2, -0.15) is 4.98 Å². The SMILES string of the molecule is O=C1CCCC2=C1[C@H](c1ccc([N+](=O)[O-])cc1)n1nc(SCc3ccc(-c4ccccc4)cc3)nc1N2. The third-order valence-electron chi connectivity index (χ3n) is 6.70. The van der Waals surface area contributed by atoms with Crippen LogP contribution < -0.4 is 5.32 Å². The number of carbonyl (C=O) groups is 1. The molecule has 3 aromatic carbocycles. The summed E-state index contributed by atoms with van der Waals surface area (Å²) in [5.41, 5.74) is 5.83. The first kappa shape index (κ1) is 23.2. The van der Waals surface area contributed by atoms with Crippen molar-refractivity contribution in [3.05, 3.63) is 111 Å². The molecule has 4 aromatic rings. The van der Waals surface area contributed by atoms with Crippen molar-refractivity contribution in [2.45, 2.75) is 36.2 Å². The molecule has 6 rings (SSSR count). The lowest BCUT2D eigenvalue weighted by Crippen LogP contribution is -2.31. The summed E-state index contributed by atoms with van der Waals surface area (Å²) in [6, 6.07) is 24.6. The van der Waals surface area contributed by atoms with Crippen molar-refractivity contribution >= 4 is 29.2 Å². The Morgan fingerprint density at radius 1 is 0.973 bits per heavy atom. The molecule has 37 heavy (non-hydrogen) atoms. The summed E-state index contributed by atoms with van der Waals surface area (Å²) in [5, 5.41) is 19.8. The van der Waals surface area contributed by atoms with Crippen LogP contribution in [-0.2, 0) is 10.5 Å². The number of carbonyl (C=O) groups excluding carboxylic acids is 1. The van der Waals surface area contributed by atoms with Crippen LogP contribution in [0.3, 0.4) is 0 Å². The van der Waals surface area contributed by atoms with Gasteiger partial charge >= 0.3 is 0 Å². The van der Waals surface area contributed by atoms with Gasteiger partial charge in [-0.1, -0.05) is 66.4 Å². The van der Waals surface area contributed by atoms with Gasteiger partial charge in [-0.25, -0.2) is 4.68 Å². The molecule has 1 N–H and O–H groups in total. The molecule has 1 aliphatic heterocycles. The van der Waals surface area contributed by atoms with Crippen LogP contribution in [0.25, 0.3) is 11.1 Å². The molecule has 0 unspecified atom stereocenters. The number of benzene rings is 3. The highest BCUT2D eigenvalue weighted by atomic mass is 32.2. The summed E-state index contributed by atoms with van der Waals surface area (Å²) in [6.45, 7) is 0. The normalized spacial score (nSPS) is 16.6. The Hall–Kier alpha value is -4.24. The molecule has 0 saturated heterocycles. The maximum absolute atomic E-state index is 13.0. The first-order valence-corrected chi connectivity index (χ1v) is 13.1. The van der Waals surface area contributed by atoms with E-state index in [4.69, 9.17) is 10.1 Å². The largest absolute Gasteiger partial charge is 0.328 e. The Labute approximate surface area is 217 Å². The van der Waals surface area contributed by atoms with Crippen molar-refractivity contribution in [2.24, 2.45) is 0 Å². The highest BCUT2D eigenvalue weighted by Crippen LogP contribution is 2.41. The molecule has 2 aliphatic rings. The predicted molar refractivity (Wildman–Crippen MR) is 142 cm³/mol. The minimum atomic E-state index is -0.466. The Balaban J connectivity index is 1.26. The average molecular weight is 510 g/mol. The molecule has 2 heterocycles. The minimum Gasteiger partial charge on any atom is -0.328 e. The smallest absolute Gasteiger partial charge is 0.269 e. The van der Waals surface area contributed by atoms with Gasteiger partial charge in [0.05, 0.1) is 4.92 Å². The molecule has 0 spiro atoms. The molecule has 0 radical (unpaired) electrons. The molecule has 0 fully saturated rings. The number of rotatable bonds is 6. The number of aromatic nitrogens is 3. The van der Waals surface area contributed by atoms with Crippen LogP contribution in [0, 0.1) is 10.1 Å². The Morgan fingerprint density at radius 2 is 1.70 bits per heavy atom. The number of hydrogen-bond acceptors (Lipinski definition) is 7. The molecule has 1 atom stereocenters. The Bertz CT molecular complexity index is 1510. The molecule has 0 saturated carbocycles. The monoisotopic (exact) mass is 509 g/mol. The highest BCUT2D eigenvalue weighted by molar-refractivity contribution is 7.98. The van der Waals surface area contributed by atoms with Gasteiger partial charge in [-0.05, 0) is 47.2 Å². The molecular formula is C28H23N5O3S. The zero-order valence-electron chi connectivity index (χ0n) is 19.8. The summed E-state index contributed by atoms with van der Waals surface area (Å²) in [6.07, 6.45) is 2.02. The third kappa shape index (κ3) is 4.53. The van der Waals surface area contributed by atoms with Crippen LogP contribution in [0.5, 0.6) is 0 Å². The first-order chi connectivity index (χ1) is 18.1. The van der Waals surface area contributed by atoms with Crippen LogP contribution in [0.2, 0.25) is 0 Å². The van der Waals surface area contributed by atoms with Crippen LogP contribution in [0.1, 0.15) is 36.4 Å². The fourth-order valence-electron chi connectivity index (χ4n) is 4.86. The van der Waals surface area contributed by atoms with E-state index in [0.717, 1.165) is 29.7 Å². The number of anilines is 1.